The van der Waals surface area contributed by atoms with Crippen LogP contribution in [-0.4, -0.2) is 15.7 Å². The van der Waals surface area contributed by atoms with Crippen LogP contribution in [-0.2, 0) is 0 Å². The molecule has 0 spiro atoms. The second-order valence-corrected chi connectivity index (χ2v) is 5.45. The molecule has 0 fully saturated rings. The lowest BCUT2D eigenvalue weighted by atomic mass is 10.0. The molecule has 1 amide bonds. The van der Waals surface area contributed by atoms with Gasteiger partial charge in [-0.05, 0) is 41.6 Å². The first-order chi connectivity index (χ1) is 9.65. The number of thiophene rings is 1. The maximum absolute atomic E-state index is 11.2. The summed E-state index contributed by atoms with van der Waals surface area (Å²) in [4.78, 5) is 11.8. The van der Waals surface area contributed by atoms with E-state index in [1.165, 1.54) is 11.3 Å². The van der Waals surface area contributed by atoms with E-state index in [1.54, 1.807) is 6.20 Å². The Bertz CT molecular complexity index is 759. The smallest absolute Gasteiger partial charge is 0.258 e. The second kappa shape index (κ2) is 4.94. The molecule has 3 rings (SSSR count). The van der Waals surface area contributed by atoms with Gasteiger partial charge in [0.1, 0.15) is 0 Å². The summed E-state index contributed by atoms with van der Waals surface area (Å²) < 4.78 is 1.82. The van der Waals surface area contributed by atoms with Crippen LogP contribution in [0.15, 0.2) is 48.1 Å². The molecular weight excluding hydrogens is 270 g/mol. The minimum Gasteiger partial charge on any atom is -0.365 e. The average molecular weight is 283 g/mol. The van der Waals surface area contributed by atoms with Crippen molar-refractivity contribution in [2.75, 3.05) is 0 Å². The fourth-order valence-corrected chi connectivity index (χ4v) is 2.85. The van der Waals surface area contributed by atoms with Crippen molar-refractivity contribution in [3.8, 4) is 16.8 Å². The molecular formula is C15H13N3OS. The van der Waals surface area contributed by atoms with E-state index in [9.17, 15) is 4.79 Å². The van der Waals surface area contributed by atoms with Gasteiger partial charge in [0.15, 0.2) is 0 Å². The van der Waals surface area contributed by atoms with Crippen LogP contribution in [0.25, 0.3) is 16.8 Å². The second-order valence-electron chi connectivity index (χ2n) is 4.54. The number of carbonyl (C=O) groups excluding carboxylic acids is 1. The maximum atomic E-state index is 11.2. The fraction of sp³-hybridized carbons (Fsp3) is 0.0667. The van der Waals surface area contributed by atoms with E-state index in [4.69, 9.17) is 5.73 Å². The van der Waals surface area contributed by atoms with Gasteiger partial charge in [0.25, 0.3) is 5.91 Å². The number of carbonyl (C=O) groups is 1. The van der Waals surface area contributed by atoms with E-state index >= 15 is 0 Å². The Kier molecular flexibility index (Phi) is 3.12. The molecule has 100 valence electrons. The number of hydrogen-bond donors (Lipinski definition) is 1. The van der Waals surface area contributed by atoms with Crippen LogP contribution in [0.1, 0.15) is 15.2 Å². The minimum absolute atomic E-state index is 0.394. The molecule has 0 aliphatic rings. The number of primary amides is 1. The van der Waals surface area contributed by atoms with Crippen molar-refractivity contribution in [2.45, 2.75) is 6.92 Å². The zero-order chi connectivity index (χ0) is 14.1. The summed E-state index contributed by atoms with van der Waals surface area (Å²) in [6.45, 7) is 2.04. The zero-order valence-corrected chi connectivity index (χ0v) is 11.7. The Balaban J connectivity index is 2.15. The SMILES string of the molecule is Cc1ccc(-c2csc(C(N)=O)c2)c(-n2cccn2)c1. The summed E-state index contributed by atoms with van der Waals surface area (Å²) in [7, 11) is 0. The van der Waals surface area contributed by atoms with Gasteiger partial charge in [0.05, 0.1) is 10.6 Å². The van der Waals surface area contributed by atoms with Crippen LogP contribution in [0.3, 0.4) is 0 Å². The highest BCUT2D eigenvalue weighted by atomic mass is 32.1. The van der Waals surface area contributed by atoms with Crippen molar-refractivity contribution < 1.29 is 4.79 Å². The Morgan fingerprint density at radius 3 is 2.85 bits per heavy atom. The van der Waals surface area contributed by atoms with Crippen LogP contribution in [0.5, 0.6) is 0 Å². The van der Waals surface area contributed by atoms with E-state index < -0.39 is 5.91 Å². The lowest BCUT2D eigenvalue weighted by molar-refractivity contribution is 0.100. The monoisotopic (exact) mass is 283 g/mol. The predicted octanol–water partition coefficient (Wildman–Crippen LogP) is 3.01. The number of nitrogens with zero attached hydrogens (tertiary/aromatic N) is 2. The Morgan fingerprint density at radius 2 is 2.20 bits per heavy atom. The number of amides is 1. The molecule has 2 heterocycles. The summed E-state index contributed by atoms with van der Waals surface area (Å²) in [5, 5.41) is 6.23. The van der Waals surface area contributed by atoms with Crippen LogP contribution >= 0.6 is 11.3 Å². The van der Waals surface area contributed by atoms with Gasteiger partial charge in [0, 0.05) is 18.0 Å². The highest BCUT2D eigenvalue weighted by Crippen LogP contribution is 2.31. The lowest BCUT2D eigenvalue weighted by Crippen LogP contribution is -2.08. The van der Waals surface area contributed by atoms with Gasteiger partial charge in [-0.1, -0.05) is 12.1 Å². The number of benzene rings is 1. The molecule has 3 aromatic rings. The van der Waals surface area contributed by atoms with Crippen LogP contribution < -0.4 is 5.73 Å². The summed E-state index contributed by atoms with van der Waals surface area (Å²) in [6.07, 6.45) is 3.65. The number of aromatic nitrogens is 2. The lowest BCUT2D eigenvalue weighted by Gasteiger charge is -2.09. The Labute approximate surface area is 120 Å². The molecule has 1 aromatic carbocycles. The molecule has 0 atom stereocenters. The molecule has 2 aromatic heterocycles. The highest BCUT2D eigenvalue weighted by Gasteiger charge is 2.11. The van der Waals surface area contributed by atoms with Gasteiger partial charge in [-0.2, -0.15) is 5.10 Å². The molecule has 0 saturated heterocycles. The predicted molar refractivity (Wildman–Crippen MR) is 80.1 cm³/mol. The third-order valence-corrected chi connectivity index (χ3v) is 4.00. The fourth-order valence-electron chi connectivity index (χ4n) is 2.09. The topological polar surface area (TPSA) is 60.9 Å². The molecule has 20 heavy (non-hydrogen) atoms. The highest BCUT2D eigenvalue weighted by molar-refractivity contribution is 7.12. The molecule has 0 aliphatic heterocycles. The van der Waals surface area contributed by atoms with Gasteiger partial charge < -0.3 is 5.73 Å². The molecule has 4 nitrogen and oxygen atoms in total. The average Bonchev–Trinajstić information content (AvgIpc) is 3.10. The van der Waals surface area contributed by atoms with Crippen molar-refractivity contribution in [1.29, 1.82) is 0 Å². The van der Waals surface area contributed by atoms with Crippen LogP contribution in [0.4, 0.5) is 0 Å². The van der Waals surface area contributed by atoms with Gasteiger partial charge >= 0.3 is 0 Å². The van der Waals surface area contributed by atoms with E-state index in [1.807, 2.05) is 47.4 Å². The van der Waals surface area contributed by atoms with E-state index in [2.05, 4.69) is 11.2 Å². The van der Waals surface area contributed by atoms with Crippen molar-refractivity contribution in [1.82, 2.24) is 9.78 Å². The van der Waals surface area contributed by atoms with E-state index in [0.717, 1.165) is 22.4 Å². The van der Waals surface area contributed by atoms with Crippen molar-refractivity contribution >= 4 is 17.2 Å². The first-order valence-electron chi connectivity index (χ1n) is 6.14. The number of nitrogens with two attached hydrogens (primary N) is 1. The minimum atomic E-state index is -0.394. The Hall–Kier alpha value is -2.40. The molecule has 2 N–H and O–H groups in total. The third-order valence-electron chi connectivity index (χ3n) is 3.06. The molecule has 0 radical (unpaired) electrons. The number of hydrogen-bond acceptors (Lipinski definition) is 3. The normalized spacial score (nSPS) is 10.7. The summed E-state index contributed by atoms with van der Waals surface area (Å²) in [5.41, 5.74) is 9.47. The van der Waals surface area contributed by atoms with Gasteiger partial charge in [-0.25, -0.2) is 4.68 Å². The molecule has 0 saturated carbocycles. The molecule has 0 aliphatic carbocycles. The van der Waals surface area contributed by atoms with Gasteiger partial charge in [0.2, 0.25) is 0 Å². The van der Waals surface area contributed by atoms with Crippen molar-refractivity contribution in [3.63, 3.8) is 0 Å². The molecule has 5 heteroatoms. The number of rotatable bonds is 3. The van der Waals surface area contributed by atoms with Crippen molar-refractivity contribution in [2.24, 2.45) is 5.73 Å². The van der Waals surface area contributed by atoms with E-state index in [-0.39, 0.29) is 0 Å². The van der Waals surface area contributed by atoms with E-state index in [0.29, 0.717) is 4.88 Å². The molecule has 0 unspecified atom stereocenters. The van der Waals surface area contributed by atoms with Gasteiger partial charge in [-0.3, -0.25) is 4.79 Å². The quantitative estimate of drug-likeness (QED) is 0.803. The van der Waals surface area contributed by atoms with Gasteiger partial charge in [-0.15, -0.1) is 11.3 Å². The summed E-state index contributed by atoms with van der Waals surface area (Å²) >= 11 is 1.36. The first-order valence-corrected chi connectivity index (χ1v) is 7.02. The third kappa shape index (κ3) is 2.23. The zero-order valence-electron chi connectivity index (χ0n) is 10.9. The summed E-state index contributed by atoms with van der Waals surface area (Å²) in [5.74, 6) is -0.394. The maximum Gasteiger partial charge on any atom is 0.258 e. The summed E-state index contributed by atoms with van der Waals surface area (Å²) in [6, 6.07) is 9.87. The Morgan fingerprint density at radius 1 is 1.35 bits per heavy atom. The first kappa shape index (κ1) is 12.6. The number of aryl methyl sites for hydroxylation is 1. The standard InChI is InChI=1S/C15H13N3OS/c1-10-3-4-12(11-8-14(15(16)19)20-9-11)13(7-10)18-6-2-5-17-18/h2-9H,1H3,(H2,16,19). The largest absolute Gasteiger partial charge is 0.365 e. The van der Waals surface area contributed by atoms with Crippen LogP contribution in [0.2, 0.25) is 0 Å². The molecule has 0 bridgehead atoms. The van der Waals surface area contributed by atoms with Crippen LogP contribution in [0, 0.1) is 6.92 Å². The van der Waals surface area contributed by atoms with Crippen molar-refractivity contribution in [3.05, 3.63) is 58.5 Å².